The Morgan fingerprint density at radius 1 is 1.16 bits per heavy atom. The Labute approximate surface area is 212 Å². The molecule has 0 bridgehead atoms. The van der Waals surface area contributed by atoms with Gasteiger partial charge in [-0.15, -0.1) is 0 Å². The molecule has 37 heavy (non-hydrogen) atoms. The zero-order valence-electron chi connectivity index (χ0n) is 20.3. The first kappa shape index (κ1) is 24.6. The second kappa shape index (κ2) is 10.5. The summed E-state index contributed by atoms with van der Waals surface area (Å²) in [6.45, 7) is 2.60. The van der Waals surface area contributed by atoms with Crippen LogP contribution in [0.2, 0.25) is 0 Å². The van der Waals surface area contributed by atoms with Crippen molar-refractivity contribution in [2.75, 3.05) is 19.0 Å². The summed E-state index contributed by atoms with van der Waals surface area (Å²) in [4.78, 5) is 30.4. The van der Waals surface area contributed by atoms with Gasteiger partial charge in [0.05, 0.1) is 19.6 Å². The average molecular weight is 506 g/mol. The van der Waals surface area contributed by atoms with Gasteiger partial charge in [-0.05, 0) is 18.6 Å². The molecule has 0 radical (unpaired) electrons. The molecule has 4 heterocycles. The number of carbonyl (C=O) groups excluding carboxylic acids is 1. The van der Waals surface area contributed by atoms with Crippen molar-refractivity contribution in [2.45, 2.75) is 38.0 Å². The number of anilines is 1. The van der Waals surface area contributed by atoms with Crippen molar-refractivity contribution in [1.82, 2.24) is 29.8 Å². The van der Waals surface area contributed by atoms with Crippen LogP contribution in [-0.4, -0.2) is 72.6 Å². The van der Waals surface area contributed by atoms with Crippen LogP contribution in [0, 0.1) is 0 Å². The largest absolute Gasteiger partial charge is 0.495 e. The molecule has 0 aliphatic carbocycles. The zero-order chi connectivity index (χ0) is 25.9. The van der Waals surface area contributed by atoms with Gasteiger partial charge in [0, 0.05) is 24.8 Å². The molecule has 4 N–H and O–H groups in total. The first-order chi connectivity index (χ1) is 18.0. The molecular formula is C25H27N7O5. The molecular weight excluding hydrogens is 478 g/mol. The molecule has 0 unspecified atom stereocenters. The van der Waals surface area contributed by atoms with Crippen LogP contribution in [0.25, 0.3) is 22.6 Å². The fourth-order valence-corrected chi connectivity index (χ4v) is 4.17. The van der Waals surface area contributed by atoms with Crippen LogP contribution in [0.15, 0.2) is 55.1 Å². The van der Waals surface area contributed by atoms with Gasteiger partial charge in [-0.25, -0.2) is 15.0 Å². The fraction of sp³-hybridized carbons (Fsp3) is 0.320. The molecule has 1 amide bonds. The minimum absolute atomic E-state index is 0.338. The molecule has 1 fully saturated rings. The highest BCUT2D eigenvalue weighted by atomic mass is 16.6. The average Bonchev–Trinajstić information content (AvgIpc) is 3.48. The second-order valence-corrected chi connectivity index (χ2v) is 8.50. The summed E-state index contributed by atoms with van der Waals surface area (Å²) in [7, 11) is 1.54. The van der Waals surface area contributed by atoms with E-state index in [1.165, 1.54) is 10.9 Å². The minimum Gasteiger partial charge on any atom is -0.495 e. The lowest BCUT2D eigenvalue weighted by Gasteiger charge is -2.17. The number of amides is 1. The summed E-state index contributed by atoms with van der Waals surface area (Å²) in [6, 6.07) is 11.6. The quantitative estimate of drug-likeness (QED) is 0.275. The van der Waals surface area contributed by atoms with Crippen LogP contribution >= 0.6 is 0 Å². The van der Waals surface area contributed by atoms with Crippen molar-refractivity contribution in [2.24, 2.45) is 0 Å². The van der Waals surface area contributed by atoms with Crippen molar-refractivity contribution in [1.29, 1.82) is 0 Å². The van der Waals surface area contributed by atoms with Crippen molar-refractivity contribution in [3.05, 3.63) is 60.7 Å². The van der Waals surface area contributed by atoms with Crippen molar-refractivity contribution in [3.63, 3.8) is 0 Å². The number of fused-ring (bicyclic) bond motifs is 1. The first-order valence-electron chi connectivity index (χ1n) is 11.8. The lowest BCUT2D eigenvalue weighted by atomic mass is 10.1. The van der Waals surface area contributed by atoms with E-state index in [-0.39, 0.29) is 0 Å². The molecule has 12 nitrogen and oxygen atoms in total. The molecule has 1 aliphatic rings. The highest BCUT2D eigenvalue weighted by Gasteiger charge is 2.47. The van der Waals surface area contributed by atoms with E-state index in [9.17, 15) is 15.0 Å². The normalized spacial score (nSPS) is 21.2. The van der Waals surface area contributed by atoms with Gasteiger partial charge in [-0.2, -0.15) is 0 Å². The monoisotopic (exact) mass is 505 g/mol. The number of aromatic nitrogens is 5. The number of ether oxygens (including phenoxy) is 2. The molecule has 4 atom stereocenters. The van der Waals surface area contributed by atoms with Gasteiger partial charge in [-0.3, -0.25) is 14.3 Å². The number of pyridine rings is 1. The molecule has 0 saturated carbocycles. The van der Waals surface area contributed by atoms with Gasteiger partial charge in [0.15, 0.2) is 35.1 Å². The highest BCUT2D eigenvalue weighted by molar-refractivity contribution is 5.85. The van der Waals surface area contributed by atoms with Gasteiger partial charge in [0.25, 0.3) is 5.91 Å². The standard InChI is InChI=1S/C25H27N7O5/c1-3-27-24(35)20-18(33)19(34)25(37-20)32-13-29-17-22(28-10-14-7-5-4-6-8-14)30-21(31-23(17)32)15-9-16(36-2)12-26-11-15/h4-9,11-13,18-20,25,33-34H,3,10H2,1-2H3,(H,27,35)(H,28,30,31)/t18-,19+,20-,25+/m0/s1. The zero-order valence-corrected chi connectivity index (χ0v) is 20.3. The molecule has 12 heteroatoms. The van der Waals surface area contributed by atoms with E-state index in [1.807, 2.05) is 30.3 Å². The van der Waals surface area contributed by atoms with E-state index in [4.69, 9.17) is 14.5 Å². The van der Waals surface area contributed by atoms with Crippen LogP contribution in [0.5, 0.6) is 5.75 Å². The van der Waals surface area contributed by atoms with E-state index in [2.05, 4.69) is 25.6 Å². The van der Waals surface area contributed by atoms with Crippen LogP contribution in [-0.2, 0) is 16.1 Å². The molecule has 1 aromatic carbocycles. The van der Waals surface area contributed by atoms with Gasteiger partial charge in [0.1, 0.15) is 18.0 Å². The maximum absolute atomic E-state index is 12.4. The van der Waals surface area contributed by atoms with Crippen molar-refractivity contribution < 1.29 is 24.5 Å². The Morgan fingerprint density at radius 2 is 1.97 bits per heavy atom. The smallest absolute Gasteiger partial charge is 0.252 e. The van der Waals surface area contributed by atoms with Gasteiger partial charge in [-0.1, -0.05) is 30.3 Å². The van der Waals surface area contributed by atoms with Crippen molar-refractivity contribution in [3.8, 4) is 17.1 Å². The molecule has 1 aliphatic heterocycles. The predicted octanol–water partition coefficient (Wildman–Crippen LogP) is 1.26. The Hall–Kier alpha value is -4.13. The number of aliphatic hydroxyl groups excluding tert-OH is 2. The van der Waals surface area contributed by atoms with Gasteiger partial charge in [0.2, 0.25) is 0 Å². The number of carbonyl (C=O) groups is 1. The first-order valence-corrected chi connectivity index (χ1v) is 11.8. The molecule has 1 saturated heterocycles. The van der Waals surface area contributed by atoms with E-state index < -0.39 is 30.4 Å². The number of nitrogens with zero attached hydrogens (tertiary/aromatic N) is 5. The van der Waals surface area contributed by atoms with E-state index in [1.54, 1.807) is 32.5 Å². The summed E-state index contributed by atoms with van der Waals surface area (Å²) >= 11 is 0. The maximum Gasteiger partial charge on any atom is 0.252 e. The summed E-state index contributed by atoms with van der Waals surface area (Å²) in [5.74, 6) is 0.822. The molecule has 5 rings (SSSR count). The number of rotatable bonds is 8. The molecule has 4 aromatic rings. The molecule has 192 valence electrons. The van der Waals surface area contributed by atoms with E-state index in [0.717, 1.165) is 5.56 Å². The minimum atomic E-state index is -1.42. The summed E-state index contributed by atoms with van der Waals surface area (Å²) in [6.07, 6.45) is -0.511. The highest BCUT2D eigenvalue weighted by Crippen LogP contribution is 2.34. The number of imidazole rings is 1. The Kier molecular flexibility index (Phi) is 6.95. The summed E-state index contributed by atoms with van der Waals surface area (Å²) in [5.41, 5.74) is 2.42. The van der Waals surface area contributed by atoms with E-state index >= 15 is 0 Å². The Balaban J connectivity index is 1.57. The van der Waals surface area contributed by atoms with Gasteiger partial charge >= 0.3 is 0 Å². The van der Waals surface area contributed by atoms with E-state index in [0.29, 0.717) is 47.2 Å². The number of methoxy groups -OCH3 is 1. The summed E-state index contributed by atoms with van der Waals surface area (Å²) < 4.78 is 12.6. The molecule has 0 spiro atoms. The lowest BCUT2D eigenvalue weighted by Crippen LogP contribution is -2.42. The second-order valence-electron chi connectivity index (χ2n) is 8.50. The third kappa shape index (κ3) is 4.81. The number of aliphatic hydroxyl groups is 2. The number of likely N-dealkylation sites (N-methyl/N-ethyl adjacent to an activating group) is 1. The topological polar surface area (TPSA) is 157 Å². The maximum atomic E-state index is 12.4. The number of hydrogen-bond donors (Lipinski definition) is 4. The molecule has 3 aromatic heterocycles. The third-order valence-electron chi connectivity index (χ3n) is 6.05. The summed E-state index contributed by atoms with van der Waals surface area (Å²) in [5, 5.41) is 27.2. The number of nitrogens with one attached hydrogen (secondary N) is 2. The van der Waals surface area contributed by atoms with Crippen LogP contribution in [0.3, 0.4) is 0 Å². The van der Waals surface area contributed by atoms with Crippen LogP contribution in [0.1, 0.15) is 18.7 Å². The third-order valence-corrected chi connectivity index (χ3v) is 6.05. The van der Waals surface area contributed by atoms with Gasteiger partial charge < -0.3 is 30.3 Å². The fourth-order valence-electron chi connectivity index (χ4n) is 4.17. The number of hydrogen-bond acceptors (Lipinski definition) is 10. The van der Waals surface area contributed by atoms with Crippen LogP contribution in [0.4, 0.5) is 5.82 Å². The predicted molar refractivity (Wildman–Crippen MR) is 133 cm³/mol. The SMILES string of the molecule is CCNC(=O)[C@H]1O[C@@H](n2cnc3c(NCc4ccccc4)nc(-c4cncc(OC)c4)nc32)[C@H](O)[C@@H]1O. The Morgan fingerprint density at radius 3 is 2.73 bits per heavy atom. The van der Waals surface area contributed by atoms with Crippen LogP contribution < -0.4 is 15.4 Å². The number of benzene rings is 1. The van der Waals surface area contributed by atoms with Crippen molar-refractivity contribution >= 4 is 22.9 Å². The Bertz CT molecular complexity index is 1400. The lowest BCUT2D eigenvalue weighted by molar-refractivity contribution is -0.137.